The first-order valence-corrected chi connectivity index (χ1v) is 9.17. The van der Waals surface area contributed by atoms with E-state index in [4.69, 9.17) is 4.74 Å². The maximum atomic E-state index is 12.4. The van der Waals surface area contributed by atoms with Crippen LogP contribution in [-0.4, -0.2) is 42.6 Å². The lowest BCUT2D eigenvalue weighted by Gasteiger charge is -2.21. The number of rotatable bonds is 10. The van der Waals surface area contributed by atoms with Gasteiger partial charge in [-0.1, -0.05) is 26.0 Å². The van der Waals surface area contributed by atoms with Crippen molar-refractivity contribution >= 4 is 11.9 Å². The van der Waals surface area contributed by atoms with Gasteiger partial charge in [0, 0.05) is 25.8 Å². The molecule has 0 aliphatic rings. The van der Waals surface area contributed by atoms with E-state index in [0.717, 1.165) is 43.7 Å². The Hall–Kier alpha value is -2.63. The molecule has 0 saturated carbocycles. The molecule has 6 heteroatoms. The summed E-state index contributed by atoms with van der Waals surface area (Å²) in [6.45, 7) is 6.57. The zero-order valence-electron chi connectivity index (χ0n) is 15.9. The Morgan fingerprint density at radius 2 is 1.81 bits per heavy atom. The van der Waals surface area contributed by atoms with Crippen LogP contribution in [0.3, 0.4) is 0 Å². The number of amides is 1. The number of ether oxygens (including phenoxy) is 1. The number of hydrogen-bond donors (Lipinski definition) is 1. The number of carbonyl (C=O) groups is 1. The van der Waals surface area contributed by atoms with Gasteiger partial charge in [-0.25, -0.2) is 9.97 Å². The van der Waals surface area contributed by atoms with Gasteiger partial charge < -0.3 is 15.0 Å². The fourth-order valence-corrected chi connectivity index (χ4v) is 2.68. The van der Waals surface area contributed by atoms with Gasteiger partial charge in [-0.15, -0.1) is 0 Å². The molecule has 0 atom stereocenters. The maximum Gasteiger partial charge on any atom is 0.270 e. The lowest BCUT2D eigenvalue weighted by Crippen LogP contribution is -2.30. The van der Waals surface area contributed by atoms with E-state index in [9.17, 15) is 4.79 Å². The van der Waals surface area contributed by atoms with Crippen molar-refractivity contribution in [3.63, 3.8) is 0 Å². The number of anilines is 1. The van der Waals surface area contributed by atoms with Crippen LogP contribution in [0.2, 0.25) is 0 Å². The average molecular weight is 356 g/mol. The largest absolute Gasteiger partial charge is 0.497 e. The topological polar surface area (TPSA) is 67.4 Å². The molecule has 26 heavy (non-hydrogen) atoms. The summed E-state index contributed by atoms with van der Waals surface area (Å²) in [6, 6.07) is 9.50. The lowest BCUT2D eigenvalue weighted by atomic mass is 10.1. The molecule has 1 amide bonds. The summed E-state index contributed by atoms with van der Waals surface area (Å²) in [5, 5.41) is 2.93. The Balaban J connectivity index is 1.92. The highest BCUT2D eigenvalue weighted by Gasteiger charge is 2.12. The van der Waals surface area contributed by atoms with Crippen molar-refractivity contribution in [2.45, 2.75) is 33.1 Å². The third-order valence-electron chi connectivity index (χ3n) is 4.00. The Morgan fingerprint density at radius 3 is 2.42 bits per heavy atom. The summed E-state index contributed by atoms with van der Waals surface area (Å²) in [7, 11) is 1.65. The molecule has 0 radical (unpaired) electrons. The van der Waals surface area contributed by atoms with Gasteiger partial charge in [0.2, 0.25) is 5.95 Å². The number of nitrogens with one attached hydrogen (secondary N) is 1. The molecule has 0 fully saturated rings. The molecular formula is C20H28N4O2. The maximum absolute atomic E-state index is 12.4. The Kier molecular flexibility index (Phi) is 7.86. The Morgan fingerprint density at radius 1 is 1.12 bits per heavy atom. The number of nitrogens with zero attached hydrogens (tertiary/aromatic N) is 3. The van der Waals surface area contributed by atoms with E-state index in [1.54, 1.807) is 19.4 Å². The first-order valence-electron chi connectivity index (χ1n) is 9.17. The molecule has 140 valence electrons. The van der Waals surface area contributed by atoms with Crippen molar-refractivity contribution in [1.82, 2.24) is 15.3 Å². The second kappa shape index (κ2) is 10.4. The van der Waals surface area contributed by atoms with Crippen LogP contribution in [0.15, 0.2) is 36.5 Å². The van der Waals surface area contributed by atoms with E-state index in [2.05, 4.69) is 34.0 Å². The molecule has 6 nitrogen and oxygen atoms in total. The van der Waals surface area contributed by atoms with Crippen molar-refractivity contribution in [2.24, 2.45) is 0 Å². The zero-order valence-corrected chi connectivity index (χ0v) is 15.9. The molecule has 2 rings (SSSR count). The van der Waals surface area contributed by atoms with E-state index in [1.165, 1.54) is 0 Å². The van der Waals surface area contributed by atoms with E-state index in [-0.39, 0.29) is 5.91 Å². The summed E-state index contributed by atoms with van der Waals surface area (Å²) < 4.78 is 5.15. The minimum absolute atomic E-state index is 0.171. The van der Waals surface area contributed by atoms with Crippen LogP contribution in [0.4, 0.5) is 5.95 Å². The molecule has 0 bridgehead atoms. The lowest BCUT2D eigenvalue weighted by molar-refractivity contribution is 0.0949. The summed E-state index contributed by atoms with van der Waals surface area (Å²) in [4.78, 5) is 23.3. The summed E-state index contributed by atoms with van der Waals surface area (Å²) >= 11 is 0. The van der Waals surface area contributed by atoms with Crippen LogP contribution >= 0.6 is 0 Å². The second-order valence-corrected chi connectivity index (χ2v) is 6.08. The smallest absolute Gasteiger partial charge is 0.270 e. The van der Waals surface area contributed by atoms with Crippen LogP contribution < -0.4 is 15.0 Å². The average Bonchev–Trinajstić information content (AvgIpc) is 2.68. The van der Waals surface area contributed by atoms with Gasteiger partial charge in [-0.2, -0.15) is 0 Å². The number of methoxy groups -OCH3 is 1. The van der Waals surface area contributed by atoms with Crippen LogP contribution in [0, 0.1) is 0 Å². The molecule has 0 aliphatic heterocycles. The van der Waals surface area contributed by atoms with Crippen LogP contribution in [0.25, 0.3) is 0 Å². The van der Waals surface area contributed by atoms with E-state index >= 15 is 0 Å². The van der Waals surface area contributed by atoms with E-state index in [1.807, 2.05) is 24.3 Å². The third kappa shape index (κ3) is 5.72. The molecule has 0 unspecified atom stereocenters. The van der Waals surface area contributed by atoms with Crippen LogP contribution in [0.1, 0.15) is 42.7 Å². The SMILES string of the molecule is CCCN(CCC)c1nccc(C(=O)NCCc2ccc(OC)cc2)n1. The molecule has 0 aliphatic carbocycles. The van der Waals surface area contributed by atoms with Gasteiger partial charge in [-0.05, 0) is 43.0 Å². The monoisotopic (exact) mass is 356 g/mol. The van der Waals surface area contributed by atoms with Crippen molar-refractivity contribution in [2.75, 3.05) is 31.6 Å². The molecule has 1 aromatic carbocycles. The molecule has 2 aromatic rings. The van der Waals surface area contributed by atoms with Crippen molar-refractivity contribution < 1.29 is 9.53 Å². The van der Waals surface area contributed by atoms with E-state index in [0.29, 0.717) is 18.2 Å². The molecule has 1 N–H and O–H groups in total. The summed E-state index contributed by atoms with van der Waals surface area (Å²) in [5.74, 6) is 1.28. The molecule has 0 saturated heterocycles. The first kappa shape index (κ1) is 19.7. The van der Waals surface area contributed by atoms with Gasteiger partial charge >= 0.3 is 0 Å². The highest BCUT2D eigenvalue weighted by molar-refractivity contribution is 5.92. The number of carbonyl (C=O) groups excluding carboxylic acids is 1. The second-order valence-electron chi connectivity index (χ2n) is 6.08. The number of benzene rings is 1. The Bertz CT molecular complexity index is 682. The summed E-state index contributed by atoms with van der Waals surface area (Å²) in [6.07, 6.45) is 4.44. The van der Waals surface area contributed by atoms with Gasteiger partial charge in [-0.3, -0.25) is 4.79 Å². The Labute approximate surface area is 155 Å². The fourth-order valence-electron chi connectivity index (χ4n) is 2.68. The van der Waals surface area contributed by atoms with Crippen molar-refractivity contribution in [1.29, 1.82) is 0 Å². The molecule has 1 heterocycles. The quantitative estimate of drug-likeness (QED) is 0.708. The normalized spacial score (nSPS) is 10.4. The molecule has 0 spiro atoms. The molecule has 1 aromatic heterocycles. The van der Waals surface area contributed by atoms with Crippen molar-refractivity contribution in [3.05, 3.63) is 47.8 Å². The van der Waals surface area contributed by atoms with Gasteiger partial charge in [0.1, 0.15) is 11.4 Å². The number of hydrogen-bond acceptors (Lipinski definition) is 5. The number of aromatic nitrogens is 2. The van der Waals surface area contributed by atoms with Gasteiger partial charge in [0.05, 0.1) is 7.11 Å². The van der Waals surface area contributed by atoms with Crippen LogP contribution in [-0.2, 0) is 6.42 Å². The third-order valence-corrected chi connectivity index (χ3v) is 4.00. The van der Waals surface area contributed by atoms with Gasteiger partial charge in [0.25, 0.3) is 5.91 Å². The highest BCUT2D eigenvalue weighted by Crippen LogP contribution is 2.12. The van der Waals surface area contributed by atoms with E-state index < -0.39 is 0 Å². The minimum Gasteiger partial charge on any atom is -0.497 e. The predicted molar refractivity (Wildman–Crippen MR) is 104 cm³/mol. The molecular weight excluding hydrogens is 328 g/mol. The van der Waals surface area contributed by atoms with Gasteiger partial charge in [0.15, 0.2) is 0 Å². The zero-order chi connectivity index (χ0) is 18.8. The summed E-state index contributed by atoms with van der Waals surface area (Å²) in [5.41, 5.74) is 1.55. The minimum atomic E-state index is -0.171. The highest BCUT2D eigenvalue weighted by atomic mass is 16.5. The fraction of sp³-hybridized carbons (Fsp3) is 0.450. The van der Waals surface area contributed by atoms with Crippen LogP contribution in [0.5, 0.6) is 5.75 Å². The predicted octanol–water partition coefficient (Wildman–Crippen LogP) is 3.08. The first-order chi connectivity index (χ1) is 12.7. The standard InChI is InChI=1S/C20H28N4O2/c1-4-14-24(15-5-2)20-22-13-11-18(23-20)19(25)21-12-10-16-6-8-17(26-3)9-7-16/h6-9,11,13H,4-5,10,12,14-15H2,1-3H3,(H,21,25). The van der Waals surface area contributed by atoms with Crippen molar-refractivity contribution in [3.8, 4) is 5.75 Å².